The summed E-state index contributed by atoms with van der Waals surface area (Å²) < 4.78 is 0. The maximum absolute atomic E-state index is 12.1. The fraction of sp³-hybridized carbons (Fsp3) is 0.357. The third-order valence-corrected chi connectivity index (χ3v) is 3.50. The van der Waals surface area contributed by atoms with E-state index in [-0.39, 0.29) is 13.0 Å². The Kier molecular flexibility index (Phi) is 4.11. The number of carboxylic acids is 2. The summed E-state index contributed by atoms with van der Waals surface area (Å²) in [5.74, 6) is -2.28. The molecule has 2 rings (SSSR count). The van der Waals surface area contributed by atoms with Crippen LogP contribution in [0.4, 0.5) is 4.79 Å². The van der Waals surface area contributed by atoms with E-state index in [0.717, 1.165) is 16.0 Å². The van der Waals surface area contributed by atoms with Gasteiger partial charge in [0, 0.05) is 13.0 Å². The number of urea groups is 1. The molecule has 1 aliphatic heterocycles. The van der Waals surface area contributed by atoms with Gasteiger partial charge < -0.3 is 20.4 Å². The van der Waals surface area contributed by atoms with Gasteiger partial charge in [0.2, 0.25) is 0 Å². The number of carbonyl (C=O) groups excluding carboxylic acids is 1. The van der Waals surface area contributed by atoms with Gasteiger partial charge >= 0.3 is 18.0 Å². The summed E-state index contributed by atoms with van der Waals surface area (Å²) >= 11 is 0. The first-order valence-electron chi connectivity index (χ1n) is 6.49. The van der Waals surface area contributed by atoms with Crippen LogP contribution in [0, 0.1) is 0 Å². The van der Waals surface area contributed by atoms with Crippen molar-refractivity contribution in [2.45, 2.75) is 32.0 Å². The molecule has 0 aliphatic carbocycles. The summed E-state index contributed by atoms with van der Waals surface area (Å²) in [5.41, 5.74) is 1.76. The largest absolute Gasteiger partial charge is 0.480 e. The van der Waals surface area contributed by atoms with Crippen LogP contribution in [0.2, 0.25) is 0 Å². The summed E-state index contributed by atoms with van der Waals surface area (Å²) in [5, 5.41) is 20.4. The van der Waals surface area contributed by atoms with Crippen molar-refractivity contribution in [2.24, 2.45) is 0 Å². The minimum atomic E-state index is -1.17. The van der Waals surface area contributed by atoms with Crippen molar-refractivity contribution in [1.29, 1.82) is 0 Å². The van der Waals surface area contributed by atoms with Crippen molar-refractivity contribution in [2.75, 3.05) is 0 Å². The Labute approximate surface area is 121 Å². The minimum Gasteiger partial charge on any atom is -0.480 e. The number of rotatable bonds is 3. The molecule has 2 amide bonds. The number of nitrogens with one attached hydrogen (secondary N) is 1. The van der Waals surface area contributed by atoms with E-state index in [1.807, 2.05) is 24.3 Å². The van der Waals surface area contributed by atoms with Crippen molar-refractivity contribution in [3.05, 3.63) is 35.4 Å². The van der Waals surface area contributed by atoms with E-state index < -0.39 is 30.1 Å². The Bertz CT molecular complexity index is 586. The van der Waals surface area contributed by atoms with Crippen LogP contribution in [0.25, 0.3) is 0 Å². The molecule has 1 aromatic carbocycles. The molecule has 0 spiro atoms. The Morgan fingerprint density at radius 1 is 1.24 bits per heavy atom. The number of nitrogens with zero attached hydrogens (tertiary/aromatic N) is 1. The summed E-state index contributed by atoms with van der Waals surface area (Å²) in [6.45, 7) is 1.47. The topological polar surface area (TPSA) is 107 Å². The van der Waals surface area contributed by atoms with Crippen molar-refractivity contribution < 1.29 is 24.6 Å². The monoisotopic (exact) mass is 292 g/mol. The van der Waals surface area contributed by atoms with Gasteiger partial charge in [-0.3, -0.25) is 4.79 Å². The number of hydrogen-bond acceptors (Lipinski definition) is 3. The highest BCUT2D eigenvalue weighted by Crippen LogP contribution is 2.23. The molecule has 112 valence electrons. The van der Waals surface area contributed by atoms with E-state index in [9.17, 15) is 19.5 Å². The number of carboxylic acid groups (broad SMARTS) is 2. The number of aliphatic carboxylic acids is 2. The summed E-state index contributed by atoms with van der Waals surface area (Å²) in [6.07, 6.45) is 0.209. The highest BCUT2D eigenvalue weighted by molar-refractivity contribution is 5.86. The standard InChI is InChI=1S/C14H16N2O5/c1-8(12(17)18)15-14(21)16-7-10-5-3-2-4-9(10)6-11(16)13(19)20/h2-5,8,11H,6-7H2,1H3,(H,15,21)(H,17,18)(H,19,20). The number of amides is 2. The Morgan fingerprint density at radius 2 is 1.86 bits per heavy atom. The van der Waals surface area contributed by atoms with E-state index in [1.54, 1.807) is 0 Å². The number of hydrogen-bond donors (Lipinski definition) is 3. The molecular formula is C14H16N2O5. The van der Waals surface area contributed by atoms with E-state index >= 15 is 0 Å². The molecule has 7 heteroatoms. The van der Waals surface area contributed by atoms with Crippen LogP contribution in [0.1, 0.15) is 18.1 Å². The van der Waals surface area contributed by atoms with Crippen molar-refractivity contribution in [3.63, 3.8) is 0 Å². The second kappa shape index (κ2) is 5.82. The van der Waals surface area contributed by atoms with Crippen LogP contribution in [-0.4, -0.2) is 45.2 Å². The van der Waals surface area contributed by atoms with Gasteiger partial charge in [-0.15, -0.1) is 0 Å². The van der Waals surface area contributed by atoms with Crippen LogP contribution in [0.3, 0.4) is 0 Å². The van der Waals surface area contributed by atoms with Crippen molar-refractivity contribution >= 4 is 18.0 Å². The Morgan fingerprint density at radius 3 is 2.43 bits per heavy atom. The second-order valence-corrected chi connectivity index (χ2v) is 4.96. The molecule has 0 saturated heterocycles. The summed E-state index contributed by atoms with van der Waals surface area (Å²) in [7, 11) is 0. The number of carbonyl (C=O) groups is 3. The van der Waals surface area contributed by atoms with Gasteiger partial charge in [0.25, 0.3) is 0 Å². The Balaban J connectivity index is 2.22. The molecule has 3 N–H and O–H groups in total. The lowest BCUT2D eigenvalue weighted by molar-refractivity contribution is -0.142. The molecule has 0 aromatic heterocycles. The lowest BCUT2D eigenvalue weighted by Crippen LogP contribution is -2.54. The van der Waals surface area contributed by atoms with Gasteiger partial charge in [0.05, 0.1) is 0 Å². The average Bonchev–Trinajstić information content (AvgIpc) is 2.45. The van der Waals surface area contributed by atoms with Crippen LogP contribution >= 0.6 is 0 Å². The van der Waals surface area contributed by atoms with E-state index in [0.29, 0.717) is 0 Å². The van der Waals surface area contributed by atoms with Crippen LogP contribution < -0.4 is 5.32 Å². The fourth-order valence-electron chi connectivity index (χ4n) is 2.29. The number of benzene rings is 1. The van der Waals surface area contributed by atoms with E-state index in [2.05, 4.69) is 5.32 Å². The van der Waals surface area contributed by atoms with Gasteiger partial charge in [-0.2, -0.15) is 0 Å². The molecule has 1 aromatic rings. The molecule has 1 heterocycles. The number of fused-ring (bicyclic) bond motifs is 1. The maximum Gasteiger partial charge on any atom is 0.326 e. The zero-order valence-electron chi connectivity index (χ0n) is 11.4. The van der Waals surface area contributed by atoms with Gasteiger partial charge in [-0.05, 0) is 18.1 Å². The van der Waals surface area contributed by atoms with E-state index in [1.165, 1.54) is 6.92 Å². The molecule has 7 nitrogen and oxygen atoms in total. The normalized spacial score (nSPS) is 18.5. The summed E-state index contributed by atoms with van der Waals surface area (Å²) in [6, 6.07) is 4.53. The van der Waals surface area contributed by atoms with Crippen LogP contribution in [-0.2, 0) is 22.6 Å². The van der Waals surface area contributed by atoms with Gasteiger partial charge in [-0.25, -0.2) is 9.59 Å². The zero-order valence-corrected chi connectivity index (χ0v) is 11.4. The van der Waals surface area contributed by atoms with E-state index in [4.69, 9.17) is 5.11 Å². The molecule has 0 radical (unpaired) electrons. The third kappa shape index (κ3) is 3.13. The van der Waals surface area contributed by atoms with Crippen LogP contribution in [0.15, 0.2) is 24.3 Å². The van der Waals surface area contributed by atoms with Crippen molar-refractivity contribution in [3.8, 4) is 0 Å². The molecule has 2 atom stereocenters. The minimum absolute atomic E-state index is 0.144. The molecule has 1 aliphatic rings. The van der Waals surface area contributed by atoms with Gasteiger partial charge in [0.1, 0.15) is 12.1 Å². The molecule has 21 heavy (non-hydrogen) atoms. The van der Waals surface area contributed by atoms with Gasteiger partial charge in [-0.1, -0.05) is 24.3 Å². The smallest absolute Gasteiger partial charge is 0.326 e. The predicted molar refractivity (Wildman–Crippen MR) is 72.7 cm³/mol. The molecule has 0 fully saturated rings. The second-order valence-electron chi connectivity index (χ2n) is 4.96. The molecule has 0 bridgehead atoms. The third-order valence-electron chi connectivity index (χ3n) is 3.50. The predicted octanol–water partition coefficient (Wildman–Crippen LogP) is 0.681. The quantitative estimate of drug-likeness (QED) is 0.759. The lowest BCUT2D eigenvalue weighted by Gasteiger charge is -2.34. The van der Waals surface area contributed by atoms with Crippen molar-refractivity contribution in [1.82, 2.24) is 10.2 Å². The zero-order chi connectivity index (χ0) is 15.6. The van der Waals surface area contributed by atoms with Gasteiger partial charge in [0.15, 0.2) is 0 Å². The lowest BCUT2D eigenvalue weighted by atomic mass is 9.94. The SMILES string of the molecule is CC(NC(=O)N1Cc2ccccc2CC1C(=O)O)C(=O)O. The highest BCUT2D eigenvalue weighted by Gasteiger charge is 2.35. The fourth-order valence-corrected chi connectivity index (χ4v) is 2.29. The maximum atomic E-state index is 12.1. The van der Waals surface area contributed by atoms with Crippen LogP contribution in [0.5, 0.6) is 0 Å². The first-order valence-corrected chi connectivity index (χ1v) is 6.49. The Hall–Kier alpha value is -2.57. The first kappa shape index (κ1) is 14.8. The molecule has 0 saturated carbocycles. The average molecular weight is 292 g/mol. The highest BCUT2D eigenvalue weighted by atomic mass is 16.4. The molecule has 2 unspecified atom stereocenters. The summed E-state index contributed by atoms with van der Waals surface area (Å²) in [4.78, 5) is 35.4. The first-order chi connectivity index (χ1) is 9.90. The molecular weight excluding hydrogens is 276 g/mol.